The second kappa shape index (κ2) is 9.64. The van der Waals surface area contributed by atoms with Gasteiger partial charge in [-0.3, -0.25) is 9.79 Å². The maximum atomic E-state index is 11.8. The van der Waals surface area contributed by atoms with Crippen LogP contribution in [-0.4, -0.2) is 50.8 Å². The predicted molar refractivity (Wildman–Crippen MR) is 126 cm³/mol. The Kier molecular flexibility index (Phi) is 7.42. The zero-order valence-electron chi connectivity index (χ0n) is 17.4. The molecule has 3 atom stereocenters. The van der Waals surface area contributed by atoms with Crippen molar-refractivity contribution >= 4 is 35.8 Å². The summed E-state index contributed by atoms with van der Waals surface area (Å²) in [4.78, 5) is 16.6. The monoisotopic (exact) mass is 512 g/mol. The second-order valence-corrected chi connectivity index (χ2v) is 8.24. The first-order valence-corrected chi connectivity index (χ1v) is 10.7. The molecule has 3 N–H and O–H groups in total. The summed E-state index contributed by atoms with van der Waals surface area (Å²) in [7, 11) is 1.66. The molecular formula is C22H33IN4O2. The van der Waals surface area contributed by atoms with Crippen LogP contribution in [0.3, 0.4) is 0 Å². The maximum Gasteiger partial charge on any atom is 0.251 e. The fourth-order valence-electron chi connectivity index (χ4n) is 5.23. The minimum Gasteiger partial charge on any atom is -0.377 e. The molecule has 1 amide bonds. The van der Waals surface area contributed by atoms with E-state index in [1.54, 1.807) is 7.05 Å². The van der Waals surface area contributed by atoms with E-state index in [4.69, 9.17) is 9.73 Å². The normalized spacial score (nSPS) is 26.6. The highest BCUT2D eigenvalue weighted by molar-refractivity contribution is 14.0. The van der Waals surface area contributed by atoms with E-state index in [2.05, 4.69) is 28.9 Å². The fourth-order valence-corrected chi connectivity index (χ4v) is 5.23. The van der Waals surface area contributed by atoms with Crippen LogP contribution in [0.4, 0.5) is 0 Å². The molecule has 1 saturated heterocycles. The molecule has 0 aromatic heterocycles. The minimum absolute atomic E-state index is 0. The predicted octanol–water partition coefficient (Wildman–Crippen LogP) is 2.72. The van der Waals surface area contributed by atoms with E-state index in [1.807, 2.05) is 18.2 Å². The molecule has 3 fully saturated rings. The van der Waals surface area contributed by atoms with Crippen molar-refractivity contribution in [1.82, 2.24) is 16.0 Å². The van der Waals surface area contributed by atoms with Crippen LogP contribution >= 0.6 is 24.0 Å². The number of rotatable bonds is 6. The van der Waals surface area contributed by atoms with Crippen molar-refractivity contribution in [3.63, 3.8) is 0 Å². The van der Waals surface area contributed by atoms with Crippen molar-refractivity contribution in [1.29, 1.82) is 0 Å². The first kappa shape index (κ1) is 22.3. The van der Waals surface area contributed by atoms with Crippen molar-refractivity contribution < 1.29 is 9.53 Å². The van der Waals surface area contributed by atoms with E-state index in [1.165, 1.54) is 19.3 Å². The highest BCUT2D eigenvalue weighted by Gasteiger charge is 2.66. The highest BCUT2D eigenvalue weighted by Crippen LogP contribution is 2.62. The molecule has 29 heavy (non-hydrogen) atoms. The van der Waals surface area contributed by atoms with E-state index >= 15 is 0 Å². The quantitative estimate of drug-likeness (QED) is 0.312. The molecule has 6 nitrogen and oxygen atoms in total. The van der Waals surface area contributed by atoms with Gasteiger partial charge in [-0.25, -0.2) is 0 Å². The van der Waals surface area contributed by atoms with Gasteiger partial charge >= 0.3 is 0 Å². The smallest absolute Gasteiger partial charge is 0.251 e. The number of nitrogens with zero attached hydrogens (tertiary/aromatic N) is 1. The molecule has 4 rings (SSSR count). The fraction of sp³-hybridized carbons (Fsp3) is 0.636. The van der Waals surface area contributed by atoms with Gasteiger partial charge in [0.2, 0.25) is 0 Å². The van der Waals surface area contributed by atoms with Crippen LogP contribution in [-0.2, 0) is 11.2 Å². The average Bonchev–Trinajstić information content (AvgIpc) is 3.09. The molecule has 160 valence electrons. The third-order valence-electron chi connectivity index (χ3n) is 6.76. The lowest BCUT2D eigenvalue weighted by Gasteiger charge is -2.63. The Bertz CT molecular complexity index is 750. The Morgan fingerprint density at radius 1 is 1.34 bits per heavy atom. The SMILES string of the molecule is CCNC(=NCCc1cccc(C(=O)NC)c1)NC1C2CCOC2C12CCC2.I. The Morgan fingerprint density at radius 2 is 2.17 bits per heavy atom. The highest BCUT2D eigenvalue weighted by atomic mass is 127. The minimum atomic E-state index is -0.0514. The van der Waals surface area contributed by atoms with E-state index in [9.17, 15) is 4.79 Å². The summed E-state index contributed by atoms with van der Waals surface area (Å²) in [6.45, 7) is 4.55. The maximum absolute atomic E-state index is 11.8. The number of fused-ring (bicyclic) bond motifs is 2. The van der Waals surface area contributed by atoms with Crippen molar-refractivity contribution in [3.05, 3.63) is 35.4 Å². The lowest BCUT2D eigenvalue weighted by Crippen LogP contribution is -2.72. The number of halogens is 1. The van der Waals surface area contributed by atoms with Crippen molar-refractivity contribution in [3.8, 4) is 0 Å². The van der Waals surface area contributed by atoms with Crippen LogP contribution in [0.5, 0.6) is 0 Å². The molecule has 1 aromatic carbocycles. The Labute approximate surface area is 190 Å². The first-order chi connectivity index (χ1) is 13.7. The van der Waals surface area contributed by atoms with Gasteiger partial charge in [-0.15, -0.1) is 24.0 Å². The summed E-state index contributed by atoms with van der Waals surface area (Å²) < 4.78 is 6.03. The van der Waals surface area contributed by atoms with E-state index in [-0.39, 0.29) is 29.9 Å². The van der Waals surface area contributed by atoms with E-state index < -0.39 is 0 Å². The van der Waals surface area contributed by atoms with Gasteiger partial charge in [0.1, 0.15) is 0 Å². The number of ether oxygens (including phenoxy) is 1. The molecule has 3 unspecified atom stereocenters. The Hall–Kier alpha value is -1.35. The van der Waals surface area contributed by atoms with Gasteiger partial charge in [0.15, 0.2) is 5.96 Å². The lowest BCUT2D eigenvalue weighted by atomic mass is 9.46. The molecule has 1 aromatic rings. The number of nitrogens with one attached hydrogen (secondary N) is 3. The largest absolute Gasteiger partial charge is 0.377 e. The number of carbonyl (C=O) groups is 1. The van der Waals surface area contributed by atoms with E-state index in [0.717, 1.165) is 37.5 Å². The number of amides is 1. The molecule has 0 bridgehead atoms. The van der Waals surface area contributed by atoms with Crippen LogP contribution < -0.4 is 16.0 Å². The molecule has 0 radical (unpaired) electrons. The van der Waals surface area contributed by atoms with Crippen LogP contribution in [0.2, 0.25) is 0 Å². The summed E-state index contributed by atoms with van der Waals surface area (Å²) in [5, 5.41) is 9.82. The molecule has 1 spiro atoms. The van der Waals surface area contributed by atoms with Gasteiger partial charge in [0.25, 0.3) is 5.91 Å². The number of benzene rings is 1. The van der Waals surface area contributed by atoms with Crippen LogP contribution in [0.25, 0.3) is 0 Å². The number of guanidine groups is 1. The molecular weight excluding hydrogens is 479 g/mol. The van der Waals surface area contributed by atoms with Gasteiger partial charge in [-0.05, 0) is 50.3 Å². The summed E-state index contributed by atoms with van der Waals surface area (Å²) in [5.41, 5.74) is 2.17. The average molecular weight is 512 g/mol. The molecule has 2 aliphatic carbocycles. The third-order valence-corrected chi connectivity index (χ3v) is 6.76. The lowest BCUT2D eigenvalue weighted by molar-refractivity contribution is -0.171. The van der Waals surface area contributed by atoms with Crippen molar-refractivity contribution in [2.24, 2.45) is 16.3 Å². The van der Waals surface area contributed by atoms with Gasteiger partial charge < -0.3 is 20.7 Å². The topological polar surface area (TPSA) is 74.8 Å². The second-order valence-electron chi connectivity index (χ2n) is 8.24. The zero-order chi connectivity index (χ0) is 19.6. The zero-order valence-corrected chi connectivity index (χ0v) is 19.7. The number of aliphatic imine (C=N–C) groups is 1. The molecule has 1 aliphatic heterocycles. The summed E-state index contributed by atoms with van der Waals surface area (Å²) in [6.07, 6.45) is 6.31. The molecule has 1 heterocycles. The van der Waals surface area contributed by atoms with Crippen LogP contribution in [0.15, 0.2) is 29.3 Å². The number of hydrogen-bond acceptors (Lipinski definition) is 3. The standard InChI is InChI=1S/C22H32N4O2.HI/c1-3-24-21(25-12-8-15-6-4-7-16(14-15)20(27)23-2)26-18-17-9-13-28-19(17)22(18)10-5-11-22;/h4,6-7,14,17-19H,3,5,8-13H2,1-2H3,(H,23,27)(H2,24,25,26);1H. The third kappa shape index (κ3) is 4.26. The van der Waals surface area contributed by atoms with Crippen molar-refractivity contribution in [2.75, 3.05) is 26.7 Å². The van der Waals surface area contributed by atoms with Gasteiger partial charge in [0.05, 0.1) is 6.10 Å². The Balaban J connectivity index is 0.00000240. The summed E-state index contributed by atoms with van der Waals surface area (Å²) in [5.74, 6) is 1.49. The van der Waals surface area contributed by atoms with Gasteiger partial charge in [-0.1, -0.05) is 18.6 Å². The summed E-state index contributed by atoms with van der Waals surface area (Å²) in [6, 6.07) is 8.26. The number of carbonyl (C=O) groups excluding carboxylic acids is 1. The summed E-state index contributed by atoms with van der Waals surface area (Å²) >= 11 is 0. The number of hydrogen-bond donors (Lipinski definition) is 3. The Morgan fingerprint density at radius 3 is 2.86 bits per heavy atom. The molecule has 7 heteroatoms. The van der Waals surface area contributed by atoms with Crippen molar-refractivity contribution in [2.45, 2.75) is 51.2 Å². The first-order valence-electron chi connectivity index (χ1n) is 10.7. The molecule has 2 saturated carbocycles. The van der Waals surface area contributed by atoms with Gasteiger partial charge in [0, 0.05) is 49.7 Å². The molecule has 3 aliphatic rings. The van der Waals surface area contributed by atoms with Crippen LogP contribution in [0.1, 0.15) is 48.5 Å². The van der Waals surface area contributed by atoms with Gasteiger partial charge in [-0.2, -0.15) is 0 Å². The van der Waals surface area contributed by atoms with E-state index in [0.29, 0.717) is 35.6 Å². The van der Waals surface area contributed by atoms with Crippen LogP contribution in [0, 0.1) is 11.3 Å².